The molecule has 7 nitrogen and oxygen atoms in total. The number of allylic oxidation sites excluding steroid dienone is 1. The number of carbonyl (C=O) groups is 3. The minimum absolute atomic E-state index is 0.00156. The first-order chi connectivity index (χ1) is 18.2. The molecule has 1 aromatic carbocycles. The van der Waals surface area contributed by atoms with Gasteiger partial charge in [0.25, 0.3) is 5.91 Å². The number of aliphatic hydroxyl groups is 1. The van der Waals surface area contributed by atoms with E-state index in [-0.39, 0.29) is 48.2 Å². The number of rotatable bonds is 12. The van der Waals surface area contributed by atoms with Crippen molar-refractivity contribution in [1.29, 1.82) is 0 Å². The van der Waals surface area contributed by atoms with Crippen LogP contribution in [0.25, 0.3) is 0 Å². The third-order valence-corrected chi connectivity index (χ3v) is 11.2. The molecule has 3 aliphatic heterocycles. The molecule has 3 aliphatic rings. The number of benzene rings is 1. The molecule has 206 valence electrons. The van der Waals surface area contributed by atoms with Crippen molar-refractivity contribution in [1.82, 2.24) is 4.90 Å². The summed E-state index contributed by atoms with van der Waals surface area (Å²) in [6.07, 6.45) is 6.44. The van der Waals surface area contributed by atoms with Gasteiger partial charge in [-0.25, -0.2) is 0 Å². The van der Waals surface area contributed by atoms with Crippen molar-refractivity contribution in [3.8, 4) is 0 Å². The Hall–Kier alpha value is -1.81. The topological polar surface area (TPSA) is 87.1 Å². The number of esters is 1. The Morgan fingerprint density at radius 3 is 2.76 bits per heavy atom. The number of nitrogens with zero attached hydrogens (tertiary/aromatic N) is 2. The van der Waals surface area contributed by atoms with Gasteiger partial charge in [0.2, 0.25) is 5.91 Å². The van der Waals surface area contributed by atoms with Crippen LogP contribution in [0.1, 0.15) is 31.2 Å². The maximum Gasteiger partial charge on any atom is 0.310 e. The molecule has 1 aromatic rings. The number of fused-ring (bicyclic) bond motifs is 1. The first-order valence-electron chi connectivity index (χ1n) is 12.9. The third kappa shape index (κ3) is 4.95. The molecule has 0 aliphatic carbocycles. The van der Waals surface area contributed by atoms with Crippen LogP contribution in [0, 0.1) is 18.8 Å². The van der Waals surface area contributed by atoms with Crippen LogP contribution in [0.15, 0.2) is 43.5 Å². The second kappa shape index (κ2) is 12.1. The van der Waals surface area contributed by atoms with Gasteiger partial charge in [-0.05, 0) is 44.2 Å². The van der Waals surface area contributed by atoms with Gasteiger partial charge in [0, 0.05) is 23.2 Å². The Labute approximate surface area is 241 Å². The van der Waals surface area contributed by atoms with Gasteiger partial charge in [0.15, 0.2) is 0 Å². The predicted octanol–water partition coefficient (Wildman–Crippen LogP) is 4.52. The number of carbonyl (C=O) groups excluding carboxylic acids is 3. The Kier molecular flexibility index (Phi) is 9.33. The van der Waals surface area contributed by atoms with Crippen molar-refractivity contribution in [3.05, 3.63) is 54.1 Å². The van der Waals surface area contributed by atoms with Crippen molar-refractivity contribution in [3.63, 3.8) is 0 Å². The Morgan fingerprint density at radius 2 is 2.11 bits per heavy atom. The highest BCUT2D eigenvalue weighted by molar-refractivity contribution is 9.09. The molecule has 3 heterocycles. The van der Waals surface area contributed by atoms with E-state index in [1.165, 1.54) is 16.7 Å². The average molecular weight is 626 g/mol. The molecular weight excluding hydrogens is 592 g/mol. The quantitative estimate of drug-likeness (QED) is 0.159. The molecule has 3 saturated heterocycles. The van der Waals surface area contributed by atoms with E-state index < -0.39 is 28.6 Å². The molecule has 3 fully saturated rings. The summed E-state index contributed by atoms with van der Waals surface area (Å²) in [5.41, 5.74) is 1.39. The number of likely N-dealkylation sites (tertiary alicyclic amines) is 1. The number of β-amino-alcohol motifs (C(OH)–C–C–N with tert-alkyl or cyclic N) is 1. The molecule has 3 unspecified atom stereocenters. The summed E-state index contributed by atoms with van der Waals surface area (Å²) in [5.74, 6) is -2.34. The van der Waals surface area contributed by atoms with Crippen molar-refractivity contribution >= 4 is 62.8 Å². The van der Waals surface area contributed by atoms with Gasteiger partial charge < -0.3 is 19.6 Å². The molecule has 0 saturated carbocycles. The standard InChI is InChI=1S/C28H34BrClN2O5S/c1-4-6-7-8-15-37-27(36)20-21-25(34)32(13-14-33)24(28(21)16-18(29)23(20)38-28)26(35)31(12-5-2)22-17(3)10-9-11-19(22)30/h4-5,9-11,18,20-21,23-24,33H,1-2,6-8,12-16H2,3H3/t18?,20-,21-,23-,24?,28?/m0/s1. The smallest absolute Gasteiger partial charge is 0.310 e. The zero-order valence-electron chi connectivity index (χ0n) is 21.5. The zero-order chi connectivity index (χ0) is 27.6. The third-order valence-electron chi connectivity index (χ3n) is 7.72. The molecule has 4 rings (SSSR count). The largest absolute Gasteiger partial charge is 0.465 e. The maximum atomic E-state index is 14.4. The molecule has 10 heteroatoms. The van der Waals surface area contributed by atoms with Crippen LogP contribution < -0.4 is 4.90 Å². The number of halogens is 2. The number of thioether (sulfide) groups is 1. The molecule has 2 amide bonds. The van der Waals surface area contributed by atoms with E-state index in [4.69, 9.17) is 16.3 Å². The molecule has 1 N–H and O–H groups in total. The molecule has 0 radical (unpaired) electrons. The summed E-state index contributed by atoms with van der Waals surface area (Å²) in [4.78, 5) is 44.7. The lowest BCUT2D eigenvalue weighted by Gasteiger charge is -2.38. The van der Waals surface area contributed by atoms with Gasteiger partial charge in [0.05, 0.1) is 40.5 Å². The van der Waals surface area contributed by atoms with Gasteiger partial charge in [-0.15, -0.1) is 24.9 Å². The van der Waals surface area contributed by atoms with Crippen LogP contribution >= 0.6 is 39.3 Å². The average Bonchev–Trinajstić information content (AvgIpc) is 3.46. The van der Waals surface area contributed by atoms with Crippen LogP contribution in [0.5, 0.6) is 0 Å². The van der Waals surface area contributed by atoms with E-state index in [1.54, 1.807) is 17.0 Å². The Bertz CT molecular complexity index is 1100. The van der Waals surface area contributed by atoms with Crippen LogP contribution in [-0.2, 0) is 19.1 Å². The van der Waals surface area contributed by atoms with E-state index in [1.807, 2.05) is 25.1 Å². The first-order valence-corrected chi connectivity index (χ1v) is 15.1. The first kappa shape index (κ1) is 29.2. The lowest BCUT2D eigenvalue weighted by molar-refractivity contribution is -0.154. The minimum atomic E-state index is -0.872. The number of unbranched alkanes of at least 4 members (excludes halogenated alkanes) is 2. The number of aliphatic hydroxyl groups excluding tert-OH is 1. The zero-order valence-corrected chi connectivity index (χ0v) is 24.6. The molecule has 1 spiro atoms. The van der Waals surface area contributed by atoms with Gasteiger partial charge >= 0.3 is 5.97 Å². The predicted molar refractivity (Wildman–Crippen MR) is 155 cm³/mol. The van der Waals surface area contributed by atoms with E-state index in [2.05, 4.69) is 29.1 Å². The normalized spacial score (nSPS) is 29.3. The highest BCUT2D eigenvalue weighted by Crippen LogP contribution is 2.68. The van der Waals surface area contributed by atoms with Crippen molar-refractivity contribution in [2.45, 2.75) is 53.5 Å². The minimum Gasteiger partial charge on any atom is -0.465 e. The number of aryl methyl sites for hydroxylation is 1. The summed E-state index contributed by atoms with van der Waals surface area (Å²) in [6, 6.07) is 4.55. The van der Waals surface area contributed by atoms with Gasteiger partial charge in [0.1, 0.15) is 6.04 Å². The van der Waals surface area contributed by atoms with E-state index in [9.17, 15) is 19.5 Å². The summed E-state index contributed by atoms with van der Waals surface area (Å²) in [5, 5.41) is 10.1. The Balaban J connectivity index is 1.70. The van der Waals surface area contributed by atoms with Crippen LogP contribution in [0.4, 0.5) is 5.69 Å². The number of para-hydroxylation sites is 1. The second-order valence-corrected chi connectivity index (χ2v) is 13.1. The number of hydrogen-bond donors (Lipinski definition) is 1. The number of alkyl halides is 1. The fourth-order valence-corrected chi connectivity index (χ4v) is 10.1. The molecule has 38 heavy (non-hydrogen) atoms. The molecular formula is C28H34BrClN2O5S. The fourth-order valence-electron chi connectivity index (χ4n) is 6.22. The monoisotopic (exact) mass is 624 g/mol. The highest BCUT2D eigenvalue weighted by atomic mass is 79.9. The summed E-state index contributed by atoms with van der Waals surface area (Å²) >= 11 is 11.9. The number of ether oxygens (including phenoxy) is 1. The van der Waals surface area contributed by atoms with Crippen LogP contribution in [0.3, 0.4) is 0 Å². The second-order valence-electron chi connectivity index (χ2n) is 10.0. The van der Waals surface area contributed by atoms with Crippen molar-refractivity contribution < 1.29 is 24.2 Å². The molecule has 0 aromatic heterocycles. The lowest BCUT2D eigenvalue weighted by Crippen LogP contribution is -2.56. The number of anilines is 1. The van der Waals surface area contributed by atoms with Crippen molar-refractivity contribution in [2.75, 3.05) is 31.2 Å². The van der Waals surface area contributed by atoms with Gasteiger partial charge in [-0.3, -0.25) is 14.4 Å². The highest BCUT2D eigenvalue weighted by Gasteiger charge is 2.76. The maximum absolute atomic E-state index is 14.4. The summed E-state index contributed by atoms with van der Waals surface area (Å²) < 4.78 is 4.82. The van der Waals surface area contributed by atoms with Gasteiger partial charge in [-0.2, -0.15) is 0 Å². The number of amides is 2. The van der Waals surface area contributed by atoms with E-state index in [0.29, 0.717) is 17.1 Å². The number of hydrogen-bond acceptors (Lipinski definition) is 6. The van der Waals surface area contributed by atoms with Crippen LogP contribution in [0.2, 0.25) is 5.02 Å². The van der Waals surface area contributed by atoms with E-state index in [0.717, 1.165) is 24.8 Å². The van der Waals surface area contributed by atoms with Gasteiger partial charge in [-0.1, -0.05) is 51.8 Å². The summed E-state index contributed by atoms with van der Waals surface area (Å²) in [7, 11) is 0. The summed E-state index contributed by atoms with van der Waals surface area (Å²) in [6.45, 7) is 9.60. The lowest BCUT2D eigenvalue weighted by atomic mass is 9.71. The fraction of sp³-hybridized carbons (Fsp3) is 0.536. The molecule has 2 bridgehead atoms. The van der Waals surface area contributed by atoms with Crippen molar-refractivity contribution in [2.24, 2.45) is 11.8 Å². The Morgan fingerprint density at radius 1 is 1.34 bits per heavy atom. The SMILES string of the molecule is C=CCCCCOC(=O)[C@H]1[C@H]2C(=O)N(CCO)C(C(=O)N(CC=C)c3c(C)cccc3Cl)C23CC(Br)[C@@H]1S3. The molecule has 6 atom stereocenters. The van der Waals surface area contributed by atoms with E-state index >= 15 is 0 Å². The van der Waals surface area contributed by atoms with Crippen LogP contribution in [-0.4, -0.2) is 75.0 Å².